The fourth-order valence-electron chi connectivity index (χ4n) is 4.82. The van der Waals surface area contributed by atoms with Crippen LogP contribution in [0.3, 0.4) is 0 Å². The van der Waals surface area contributed by atoms with Crippen LogP contribution in [0.2, 0.25) is 5.02 Å². The average molecular weight is 480 g/mol. The van der Waals surface area contributed by atoms with Gasteiger partial charge in [-0.3, -0.25) is 9.59 Å². The lowest BCUT2D eigenvalue weighted by Gasteiger charge is -2.31. The highest BCUT2D eigenvalue weighted by Gasteiger charge is 2.36. The fourth-order valence-corrected chi connectivity index (χ4v) is 4.95. The first-order valence-corrected chi connectivity index (χ1v) is 12.5. The maximum absolute atomic E-state index is 12.9. The molecule has 2 amide bonds. The van der Waals surface area contributed by atoms with Crippen LogP contribution in [-0.4, -0.2) is 29.3 Å². The van der Waals surface area contributed by atoms with Crippen LogP contribution < -0.4 is 5.32 Å². The van der Waals surface area contributed by atoms with Crippen molar-refractivity contribution in [3.63, 3.8) is 0 Å². The van der Waals surface area contributed by atoms with Gasteiger partial charge in [-0.2, -0.15) is 5.26 Å². The second kappa shape index (κ2) is 12.0. The van der Waals surface area contributed by atoms with Gasteiger partial charge in [-0.1, -0.05) is 74.3 Å². The van der Waals surface area contributed by atoms with Crippen molar-refractivity contribution in [1.29, 1.82) is 5.26 Å². The Hall–Kier alpha value is -2.84. The highest BCUT2D eigenvalue weighted by atomic mass is 35.5. The molecule has 0 spiro atoms. The minimum absolute atomic E-state index is 0.0240. The lowest BCUT2D eigenvalue weighted by atomic mass is 9.69. The van der Waals surface area contributed by atoms with Gasteiger partial charge >= 0.3 is 0 Å². The van der Waals surface area contributed by atoms with Gasteiger partial charge in [-0.25, -0.2) is 0 Å². The van der Waals surface area contributed by atoms with Crippen LogP contribution in [0.5, 0.6) is 0 Å². The van der Waals surface area contributed by atoms with Crippen molar-refractivity contribution in [3.05, 3.63) is 70.7 Å². The number of unbranched alkanes of at least 4 members (excludes halogenated alkanes) is 1. The largest absolute Gasteiger partial charge is 0.350 e. The van der Waals surface area contributed by atoms with Gasteiger partial charge < -0.3 is 10.2 Å². The van der Waals surface area contributed by atoms with Crippen molar-refractivity contribution in [2.24, 2.45) is 5.92 Å². The molecule has 2 atom stereocenters. The van der Waals surface area contributed by atoms with E-state index in [-0.39, 0.29) is 17.7 Å². The first kappa shape index (κ1) is 25.8. The van der Waals surface area contributed by atoms with Gasteiger partial charge in [0.1, 0.15) is 6.04 Å². The van der Waals surface area contributed by atoms with E-state index in [2.05, 4.69) is 25.2 Å². The van der Waals surface area contributed by atoms with E-state index in [1.807, 2.05) is 42.5 Å². The summed E-state index contributed by atoms with van der Waals surface area (Å²) in [4.78, 5) is 27.4. The molecular weight excluding hydrogens is 446 g/mol. The minimum Gasteiger partial charge on any atom is -0.350 e. The van der Waals surface area contributed by atoms with Crippen LogP contribution in [0, 0.1) is 17.2 Å². The summed E-state index contributed by atoms with van der Waals surface area (Å²) in [6.45, 7) is 5.20. The molecule has 1 aliphatic heterocycles. The number of hydrogen-bond acceptors (Lipinski definition) is 3. The Morgan fingerprint density at radius 3 is 2.50 bits per heavy atom. The smallest absolute Gasteiger partial charge is 0.243 e. The average Bonchev–Trinajstić information content (AvgIpc) is 3.34. The van der Waals surface area contributed by atoms with E-state index in [1.165, 1.54) is 0 Å². The third-order valence-corrected chi connectivity index (χ3v) is 7.19. The molecule has 0 aromatic heterocycles. The van der Waals surface area contributed by atoms with E-state index in [0.717, 1.165) is 24.0 Å². The topological polar surface area (TPSA) is 73.2 Å². The molecule has 1 fully saturated rings. The minimum atomic E-state index is -0.554. The first-order valence-electron chi connectivity index (χ1n) is 12.2. The highest BCUT2D eigenvalue weighted by Crippen LogP contribution is 2.37. The zero-order chi connectivity index (χ0) is 24.6. The number of halogens is 1. The van der Waals surface area contributed by atoms with Crippen molar-refractivity contribution in [3.8, 4) is 6.07 Å². The summed E-state index contributed by atoms with van der Waals surface area (Å²) >= 11 is 5.92. The van der Waals surface area contributed by atoms with Gasteiger partial charge in [0.25, 0.3) is 0 Å². The zero-order valence-electron chi connectivity index (χ0n) is 20.1. The quantitative estimate of drug-likeness (QED) is 0.449. The van der Waals surface area contributed by atoms with E-state index in [9.17, 15) is 14.9 Å². The van der Waals surface area contributed by atoms with Crippen LogP contribution in [-0.2, 0) is 21.5 Å². The first-order chi connectivity index (χ1) is 16.4. The second-order valence-electron chi connectivity index (χ2n) is 9.40. The van der Waals surface area contributed by atoms with Crippen LogP contribution in [0.1, 0.15) is 63.5 Å². The Morgan fingerprint density at radius 1 is 1.15 bits per heavy atom. The molecule has 180 valence electrons. The standard InChI is InChI=1S/C28H34ClN3O2/c1-21(2)28(20-30,23-9-4-3-5-10-23)17-7-6-12-26(33)32-18-8-11-25(32)27(34)31-19-22-13-15-24(29)16-14-22/h3-5,9-10,13-16,21,25H,6-8,11-12,17-19H2,1-2H3,(H,31,34)/t25-,28+/m1/s1. The molecule has 3 rings (SSSR count). The number of carbonyl (C=O) groups is 2. The lowest BCUT2D eigenvalue weighted by molar-refractivity contribution is -0.138. The van der Waals surface area contributed by atoms with E-state index in [4.69, 9.17) is 11.6 Å². The normalized spacial score (nSPS) is 17.3. The summed E-state index contributed by atoms with van der Waals surface area (Å²) in [6, 6.07) is 19.5. The Bertz CT molecular complexity index is 1000. The van der Waals surface area contributed by atoms with Crippen molar-refractivity contribution >= 4 is 23.4 Å². The van der Waals surface area contributed by atoms with Crippen molar-refractivity contribution in [2.45, 2.75) is 70.4 Å². The molecule has 5 nitrogen and oxygen atoms in total. The van der Waals surface area contributed by atoms with Crippen molar-refractivity contribution in [1.82, 2.24) is 10.2 Å². The number of amides is 2. The number of nitriles is 1. The summed E-state index contributed by atoms with van der Waals surface area (Å²) in [5, 5.41) is 13.7. The van der Waals surface area contributed by atoms with Crippen molar-refractivity contribution in [2.75, 3.05) is 6.54 Å². The molecule has 0 aliphatic carbocycles. The Balaban J connectivity index is 1.51. The number of nitrogens with one attached hydrogen (secondary N) is 1. The SMILES string of the molecule is CC(C)[C@@](C#N)(CCCCC(=O)N1CCC[C@@H]1C(=O)NCc1ccc(Cl)cc1)c1ccccc1. The summed E-state index contributed by atoms with van der Waals surface area (Å²) < 4.78 is 0. The number of rotatable bonds is 10. The highest BCUT2D eigenvalue weighted by molar-refractivity contribution is 6.30. The van der Waals surface area contributed by atoms with Gasteiger partial charge in [0.2, 0.25) is 11.8 Å². The number of carbonyl (C=O) groups excluding carboxylic acids is 2. The van der Waals surface area contributed by atoms with E-state index < -0.39 is 11.5 Å². The van der Waals surface area contributed by atoms with E-state index in [1.54, 1.807) is 17.0 Å². The summed E-state index contributed by atoms with van der Waals surface area (Å²) in [5.41, 5.74) is 1.45. The van der Waals surface area contributed by atoms with Crippen LogP contribution in [0.4, 0.5) is 0 Å². The predicted molar refractivity (Wildman–Crippen MR) is 135 cm³/mol. The Morgan fingerprint density at radius 2 is 1.85 bits per heavy atom. The molecule has 6 heteroatoms. The molecule has 1 saturated heterocycles. The molecule has 1 aliphatic rings. The van der Waals surface area contributed by atoms with Gasteiger partial charge in [0, 0.05) is 24.5 Å². The van der Waals surface area contributed by atoms with Crippen LogP contribution in [0.15, 0.2) is 54.6 Å². The lowest BCUT2D eigenvalue weighted by Crippen LogP contribution is -2.45. The van der Waals surface area contributed by atoms with Gasteiger partial charge in [-0.05, 0) is 54.9 Å². The monoisotopic (exact) mass is 479 g/mol. The third kappa shape index (κ3) is 6.18. The zero-order valence-corrected chi connectivity index (χ0v) is 20.9. The number of hydrogen-bond donors (Lipinski definition) is 1. The molecular formula is C28H34ClN3O2. The Labute approximate surface area is 208 Å². The summed E-state index contributed by atoms with van der Waals surface area (Å²) in [7, 11) is 0. The van der Waals surface area contributed by atoms with Crippen molar-refractivity contribution < 1.29 is 9.59 Å². The maximum Gasteiger partial charge on any atom is 0.243 e. The summed E-state index contributed by atoms with van der Waals surface area (Å²) in [5.74, 6) is 0.0899. The van der Waals surface area contributed by atoms with E-state index >= 15 is 0 Å². The molecule has 0 bridgehead atoms. The van der Waals surface area contributed by atoms with Gasteiger partial charge in [0.15, 0.2) is 0 Å². The fraction of sp³-hybridized carbons (Fsp3) is 0.464. The molecule has 1 N–H and O–H groups in total. The maximum atomic E-state index is 12.9. The summed E-state index contributed by atoms with van der Waals surface area (Å²) in [6.07, 6.45) is 4.13. The third-order valence-electron chi connectivity index (χ3n) is 6.94. The molecule has 34 heavy (non-hydrogen) atoms. The number of benzene rings is 2. The molecule has 0 unspecified atom stereocenters. The number of likely N-dealkylation sites (tertiary alicyclic amines) is 1. The van der Waals surface area contributed by atoms with E-state index in [0.29, 0.717) is 43.8 Å². The molecule has 0 radical (unpaired) electrons. The van der Waals surface area contributed by atoms with Crippen LogP contribution in [0.25, 0.3) is 0 Å². The predicted octanol–water partition coefficient (Wildman–Crippen LogP) is 5.63. The van der Waals surface area contributed by atoms with Gasteiger partial charge in [0.05, 0.1) is 11.5 Å². The molecule has 0 saturated carbocycles. The molecule has 1 heterocycles. The molecule has 2 aromatic carbocycles. The number of nitrogens with zero attached hydrogens (tertiary/aromatic N) is 2. The van der Waals surface area contributed by atoms with Crippen LogP contribution >= 0.6 is 11.6 Å². The van der Waals surface area contributed by atoms with Gasteiger partial charge in [-0.15, -0.1) is 0 Å². The second-order valence-corrected chi connectivity index (χ2v) is 9.84. The molecule has 2 aromatic rings. The Kier molecular flexibility index (Phi) is 9.12.